The molecule has 5 nitrogen and oxygen atoms in total. The van der Waals surface area contributed by atoms with Crippen LogP contribution in [0.2, 0.25) is 0 Å². The predicted molar refractivity (Wildman–Crippen MR) is 72.4 cm³/mol. The van der Waals surface area contributed by atoms with Crippen molar-refractivity contribution in [1.82, 2.24) is 10.1 Å². The molecule has 2 aromatic rings. The second kappa shape index (κ2) is 5.22. The topological polar surface area (TPSA) is 88.8 Å². The molecule has 0 aliphatic rings. The Hall–Kier alpha value is -1.82. The Morgan fingerprint density at radius 1 is 1.44 bits per heavy atom. The fraction of sp³-hybridized carbons (Fsp3) is 0.250. The molecule has 1 aromatic heterocycles. The smallest absolute Gasteiger partial charge is 0.237 e. The molecule has 0 aliphatic heterocycles. The van der Waals surface area contributed by atoms with Gasteiger partial charge < -0.3 is 10.3 Å². The first-order valence-corrected chi connectivity index (χ1v) is 6.42. The maximum Gasteiger partial charge on any atom is 0.237 e. The van der Waals surface area contributed by atoms with Gasteiger partial charge in [-0.1, -0.05) is 34.6 Å². The van der Waals surface area contributed by atoms with Crippen LogP contribution in [0.15, 0.2) is 22.7 Å². The SMILES string of the molecule is Cc1ccc(C)c(-c2noc(CSC(=N)N)n2)c1. The van der Waals surface area contributed by atoms with Gasteiger partial charge in [-0.3, -0.25) is 5.41 Å². The van der Waals surface area contributed by atoms with E-state index in [1.165, 1.54) is 11.8 Å². The van der Waals surface area contributed by atoms with E-state index in [9.17, 15) is 0 Å². The number of aromatic nitrogens is 2. The van der Waals surface area contributed by atoms with Gasteiger partial charge in [0, 0.05) is 5.56 Å². The van der Waals surface area contributed by atoms with E-state index in [-0.39, 0.29) is 5.17 Å². The van der Waals surface area contributed by atoms with Crippen molar-refractivity contribution in [2.24, 2.45) is 5.73 Å². The van der Waals surface area contributed by atoms with Crippen molar-refractivity contribution in [2.75, 3.05) is 0 Å². The van der Waals surface area contributed by atoms with Crippen LogP contribution in [-0.4, -0.2) is 15.3 Å². The molecule has 6 heteroatoms. The number of benzene rings is 1. The Labute approximate surface area is 109 Å². The van der Waals surface area contributed by atoms with Gasteiger partial charge in [0.25, 0.3) is 0 Å². The van der Waals surface area contributed by atoms with Crippen LogP contribution < -0.4 is 5.73 Å². The number of amidine groups is 1. The highest BCUT2D eigenvalue weighted by Gasteiger charge is 2.11. The summed E-state index contributed by atoms with van der Waals surface area (Å²) in [6.45, 7) is 4.03. The molecule has 1 heterocycles. The number of nitrogens with one attached hydrogen (secondary N) is 1. The first-order valence-electron chi connectivity index (χ1n) is 5.43. The van der Waals surface area contributed by atoms with Crippen molar-refractivity contribution in [2.45, 2.75) is 19.6 Å². The summed E-state index contributed by atoms with van der Waals surface area (Å²) in [4.78, 5) is 4.30. The summed E-state index contributed by atoms with van der Waals surface area (Å²) in [6, 6.07) is 6.11. The number of hydrogen-bond acceptors (Lipinski definition) is 5. The molecule has 0 bridgehead atoms. The lowest BCUT2D eigenvalue weighted by Gasteiger charge is -2.01. The van der Waals surface area contributed by atoms with Crippen LogP contribution in [0.5, 0.6) is 0 Å². The lowest BCUT2D eigenvalue weighted by molar-refractivity contribution is 0.392. The molecule has 0 aliphatic carbocycles. The molecule has 0 saturated heterocycles. The zero-order valence-corrected chi connectivity index (χ0v) is 11.0. The van der Waals surface area contributed by atoms with Gasteiger partial charge in [0.1, 0.15) is 0 Å². The largest absolute Gasteiger partial charge is 0.379 e. The molecule has 2 rings (SSSR count). The van der Waals surface area contributed by atoms with Crippen LogP contribution >= 0.6 is 11.8 Å². The average Bonchev–Trinajstić information content (AvgIpc) is 2.78. The first kappa shape index (κ1) is 12.6. The summed E-state index contributed by atoms with van der Waals surface area (Å²) in [7, 11) is 0. The minimum absolute atomic E-state index is 0.0430. The Morgan fingerprint density at radius 2 is 2.22 bits per heavy atom. The lowest BCUT2D eigenvalue weighted by Crippen LogP contribution is -2.03. The number of hydrogen-bond donors (Lipinski definition) is 2. The third-order valence-corrected chi connectivity index (χ3v) is 3.16. The summed E-state index contributed by atoms with van der Waals surface area (Å²) >= 11 is 1.17. The molecular formula is C12H14N4OS. The van der Waals surface area contributed by atoms with E-state index in [2.05, 4.69) is 10.1 Å². The molecule has 0 atom stereocenters. The van der Waals surface area contributed by atoms with E-state index in [0.717, 1.165) is 16.7 Å². The molecule has 0 radical (unpaired) electrons. The lowest BCUT2D eigenvalue weighted by atomic mass is 10.1. The van der Waals surface area contributed by atoms with Crippen molar-refractivity contribution < 1.29 is 4.52 Å². The maximum absolute atomic E-state index is 7.13. The second-order valence-corrected chi connectivity index (χ2v) is 5.00. The monoisotopic (exact) mass is 262 g/mol. The van der Waals surface area contributed by atoms with Crippen molar-refractivity contribution in [3.05, 3.63) is 35.2 Å². The molecule has 18 heavy (non-hydrogen) atoms. The third-order valence-electron chi connectivity index (χ3n) is 2.45. The fourth-order valence-corrected chi connectivity index (χ4v) is 1.94. The van der Waals surface area contributed by atoms with Crippen LogP contribution in [-0.2, 0) is 5.75 Å². The Morgan fingerprint density at radius 3 is 2.94 bits per heavy atom. The third kappa shape index (κ3) is 2.89. The van der Waals surface area contributed by atoms with Crippen LogP contribution in [0, 0.1) is 19.3 Å². The Bertz CT molecular complexity index is 579. The Balaban J connectivity index is 2.23. The van der Waals surface area contributed by atoms with Crippen molar-refractivity contribution in [3.63, 3.8) is 0 Å². The molecule has 94 valence electrons. The molecule has 0 unspecified atom stereocenters. The van der Waals surface area contributed by atoms with Crippen LogP contribution in [0.4, 0.5) is 0 Å². The highest BCUT2D eigenvalue weighted by molar-refractivity contribution is 8.12. The van der Waals surface area contributed by atoms with Crippen LogP contribution in [0.25, 0.3) is 11.4 Å². The summed E-state index contributed by atoms with van der Waals surface area (Å²) in [5.74, 6) is 1.48. The van der Waals surface area contributed by atoms with Gasteiger partial charge >= 0.3 is 0 Å². The quantitative estimate of drug-likeness (QED) is 0.655. The van der Waals surface area contributed by atoms with Gasteiger partial charge in [0.2, 0.25) is 11.7 Å². The van der Waals surface area contributed by atoms with Gasteiger partial charge in [-0.05, 0) is 25.5 Å². The highest BCUT2D eigenvalue weighted by atomic mass is 32.2. The summed E-state index contributed by atoms with van der Waals surface area (Å²) < 4.78 is 5.13. The van der Waals surface area contributed by atoms with E-state index >= 15 is 0 Å². The number of nitrogens with two attached hydrogens (primary N) is 1. The summed E-state index contributed by atoms with van der Waals surface area (Å²) in [6.07, 6.45) is 0. The fourth-order valence-electron chi connectivity index (χ4n) is 1.54. The Kier molecular flexibility index (Phi) is 3.66. The standard InChI is InChI=1S/C12H14N4OS/c1-7-3-4-8(2)9(5-7)11-15-10(17-16-11)6-18-12(13)14/h3-5H,6H2,1-2H3,(H3,13,14). The zero-order chi connectivity index (χ0) is 13.1. The highest BCUT2D eigenvalue weighted by Crippen LogP contribution is 2.22. The molecular weight excluding hydrogens is 248 g/mol. The minimum atomic E-state index is 0.0430. The number of thioether (sulfide) groups is 1. The van der Waals surface area contributed by atoms with Gasteiger partial charge in [0.05, 0.1) is 5.75 Å². The predicted octanol–water partition coefficient (Wildman–Crippen LogP) is 2.48. The van der Waals surface area contributed by atoms with Crippen molar-refractivity contribution in [1.29, 1.82) is 5.41 Å². The van der Waals surface area contributed by atoms with Crippen molar-refractivity contribution >= 4 is 16.9 Å². The average molecular weight is 262 g/mol. The van der Waals surface area contributed by atoms with Gasteiger partial charge in [0.15, 0.2) is 5.17 Å². The van der Waals surface area contributed by atoms with E-state index in [1.807, 2.05) is 32.0 Å². The van der Waals surface area contributed by atoms with E-state index < -0.39 is 0 Å². The van der Waals surface area contributed by atoms with Gasteiger partial charge in [-0.25, -0.2) is 0 Å². The van der Waals surface area contributed by atoms with E-state index in [0.29, 0.717) is 17.5 Å². The summed E-state index contributed by atoms with van der Waals surface area (Å²) in [5.41, 5.74) is 8.49. The van der Waals surface area contributed by atoms with Gasteiger partial charge in [-0.15, -0.1) is 0 Å². The first-order chi connectivity index (χ1) is 8.56. The number of aryl methyl sites for hydroxylation is 2. The van der Waals surface area contributed by atoms with Crippen LogP contribution in [0.3, 0.4) is 0 Å². The minimum Gasteiger partial charge on any atom is -0.379 e. The molecule has 0 spiro atoms. The number of nitrogens with zero attached hydrogens (tertiary/aromatic N) is 2. The summed E-state index contributed by atoms with van der Waals surface area (Å²) in [5, 5.41) is 11.1. The van der Waals surface area contributed by atoms with Gasteiger partial charge in [-0.2, -0.15) is 4.98 Å². The second-order valence-electron chi connectivity index (χ2n) is 3.98. The van der Waals surface area contributed by atoms with Crippen molar-refractivity contribution in [3.8, 4) is 11.4 Å². The van der Waals surface area contributed by atoms with Crippen LogP contribution in [0.1, 0.15) is 17.0 Å². The molecule has 0 saturated carbocycles. The molecule has 3 N–H and O–H groups in total. The zero-order valence-electron chi connectivity index (χ0n) is 10.2. The molecule has 0 amide bonds. The number of rotatable bonds is 3. The normalized spacial score (nSPS) is 10.6. The van der Waals surface area contributed by atoms with E-state index in [1.54, 1.807) is 0 Å². The molecule has 1 aromatic carbocycles. The maximum atomic E-state index is 7.13. The molecule has 0 fully saturated rings. The van der Waals surface area contributed by atoms with E-state index in [4.69, 9.17) is 15.7 Å².